The van der Waals surface area contributed by atoms with Gasteiger partial charge in [0.2, 0.25) is 0 Å². The highest BCUT2D eigenvalue weighted by Gasteiger charge is 2.45. The van der Waals surface area contributed by atoms with E-state index in [0.717, 1.165) is 0 Å². The molecule has 1 aliphatic heterocycles. The summed E-state index contributed by atoms with van der Waals surface area (Å²) in [6.45, 7) is 0. The van der Waals surface area contributed by atoms with Crippen molar-refractivity contribution < 1.29 is 27.2 Å². The third kappa shape index (κ3) is 4.32. The van der Waals surface area contributed by atoms with E-state index < -0.39 is 31.2 Å². The molecule has 15 heavy (non-hydrogen) atoms. The summed E-state index contributed by atoms with van der Waals surface area (Å²) in [6, 6.07) is 0. The lowest BCUT2D eigenvalue weighted by atomic mass is 10.1. The number of hydrogen-bond donors (Lipinski definition) is 2. The minimum atomic E-state index is -4.35. The van der Waals surface area contributed by atoms with Crippen molar-refractivity contribution >= 4 is 20.0 Å². The van der Waals surface area contributed by atoms with Crippen LogP contribution in [0.2, 0.25) is 0 Å². The Morgan fingerprint density at radius 1 is 1.47 bits per heavy atom. The number of halogens is 3. The molecule has 1 heterocycles. The lowest BCUT2D eigenvalue weighted by Crippen LogP contribution is -2.40. The van der Waals surface area contributed by atoms with Crippen molar-refractivity contribution in [2.24, 2.45) is 5.73 Å². The first-order valence-electron chi connectivity index (χ1n) is 4.16. The van der Waals surface area contributed by atoms with E-state index in [9.17, 15) is 17.7 Å². The van der Waals surface area contributed by atoms with Gasteiger partial charge in [-0.05, 0) is 12.8 Å². The van der Waals surface area contributed by atoms with Crippen LogP contribution < -0.4 is 5.73 Å². The minimum absolute atomic E-state index is 0.161. The largest absolute Gasteiger partial charge is 0.400 e. The molecule has 0 saturated carbocycles. The fourth-order valence-electron chi connectivity index (χ4n) is 1.37. The standard InChI is InChI=1S/C6H11F3NO3PS/c7-6(8,9)4-1-3(13-14(11)12)2-5(10)15-4/h3-5,14H,1-2,10H2,(H,11,12). The molecule has 0 radical (unpaired) electrons. The summed E-state index contributed by atoms with van der Waals surface area (Å²) in [7, 11) is -3.21. The van der Waals surface area contributed by atoms with Crippen molar-refractivity contribution in [3.63, 3.8) is 0 Å². The van der Waals surface area contributed by atoms with Crippen LogP contribution in [0.3, 0.4) is 0 Å². The predicted molar refractivity (Wildman–Crippen MR) is 50.7 cm³/mol. The summed E-state index contributed by atoms with van der Waals surface area (Å²) in [6.07, 6.45) is -5.40. The highest BCUT2D eigenvalue weighted by atomic mass is 32.2. The van der Waals surface area contributed by atoms with Gasteiger partial charge in [-0.15, -0.1) is 11.8 Å². The van der Waals surface area contributed by atoms with Crippen LogP contribution in [0, 0.1) is 0 Å². The zero-order valence-electron chi connectivity index (χ0n) is 7.53. The summed E-state index contributed by atoms with van der Waals surface area (Å²) in [4.78, 5) is 8.48. The second kappa shape index (κ2) is 5.05. The summed E-state index contributed by atoms with van der Waals surface area (Å²) in [5, 5.41) is -2.33. The molecular formula is C6H11F3NO3PS. The fraction of sp³-hybridized carbons (Fsp3) is 1.00. The number of rotatable bonds is 2. The fourth-order valence-corrected chi connectivity index (χ4v) is 3.07. The van der Waals surface area contributed by atoms with E-state index in [0.29, 0.717) is 11.8 Å². The topological polar surface area (TPSA) is 72.5 Å². The van der Waals surface area contributed by atoms with E-state index >= 15 is 0 Å². The van der Waals surface area contributed by atoms with Crippen molar-refractivity contribution in [2.45, 2.75) is 35.7 Å². The quantitative estimate of drug-likeness (QED) is 0.740. The molecule has 9 heteroatoms. The zero-order chi connectivity index (χ0) is 11.6. The Balaban J connectivity index is 2.59. The van der Waals surface area contributed by atoms with E-state index in [2.05, 4.69) is 4.52 Å². The van der Waals surface area contributed by atoms with E-state index in [1.54, 1.807) is 0 Å². The normalized spacial score (nSPS) is 35.1. The van der Waals surface area contributed by atoms with E-state index in [1.807, 2.05) is 0 Å². The van der Waals surface area contributed by atoms with Gasteiger partial charge in [0, 0.05) is 0 Å². The first-order valence-corrected chi connectivity index (χ1v) is 6.37. The molecular weight excluding hydrogens is 254 g/mol. The van der Waals surface area contributed by atoms with Crippen LogP contribution in [0.15, 0.2) is 0 Å². The maximum Gasteiger partial charge on any atom is 0.400 e. The summed E-state index contributed by atoms with van der Waals surface area (Å²) >= 11 is 0.625. The average molecular weight is 265 g/mol. The van der Waals surface area contributed by atoms with Crippen molar-refractivity contribution in [3.05, 3.63) is 0 Å². The lowest BCUT2D eigenvalue weighted by molar-refractivity contribution is -0.134. The Morgan fingerprint density at radius 3 is 2.53 bits per heavy atom. The smallest absolute Gasteiger partial charge is 0.326 e. The number of alkyl halides is 3. The second-order valence-corrected chi connectivity index (χ2v) is 5.40. The van der Waals surface area contributed by atoms with Gasteiger partial charge in [-0.3, -0.25) is 4.57 Å². The third-order valence-electron chi connectivity index (χ3n) is 1.94. The molecule has 4 atom stereocenters. The Labute approximate surface area is 89.3 Å². The maximum absolute atomic E-state index is 12.4. The van der Waals surface area contributed by atoms with Gasteiger partial charge in [-0.25, -0.2) is 0 Å². The molecule has 0 aromatic rings. The van der Waals surface area contributed by atoms with Crippen LogP contribution >= 0.6 is 20.0 Å². The molecule has 1 saturated heterocycles. The lowest BCUT2D eigenvalue weighted by Gasteiger charge is -2.32. The second-order valence-electron chi connectivity index (χ2n) is 3.18. The van der Waals surface area contributed by atoms with Gasteiger partial charge >= 0.3 is 14.4 Å². The van der Waals surface area contributed by atoms with Gasteiger partial charge in [-0.1, -0.05) is 0 Å². The van der Waals surface area contributed by atoms with E-state index in [-0.39, 0.29) is 12.8 Å². The molecule has 1 rings (SSSR count). The predicted octanol–water partition coefficient (Wildman–Crippen LogP) is 1.50. The summed E-state index contributed by atoms with van der Waals surface area (Å²) in [5.74, 6) is 0. The van der Waals surface area contributed by atoms with E-state index in [1.165, 1.54) is 0 Å². The van der Waals surface area contributed by atoms with Crippen molar-refractivity contribution in [3.8, 4) is 0 Å². The summed E-state index contributed by atoms with van der Waals surface area (Å²) < 4.78 is 51.9. The van der Waals surface area contributed by atoms with Gasteiger partial charge in [0.15, 0.2) is 0 Å². The molecule has 0 aromatic carbocycles. The van der Waals surface area contributed by atoms with Crippen LogP contribution in [-0.4, -0.2) is 27.8 Å². The maximum atomic E-state index is 12.4. The Bertz CT molecular complexity index is 252. The highest BCUT2D eigenvalue weighted by molar-refractivity contribution is 8.00. The number of thioether (sulfide) groups is 1. The molecule has 4 nitrogen and oxygen atoms in total. The van der Waals surface area contributed by atoms with Gasteiger partial charge in [0.25, 0.3) is 0 Å². The molecule has 1 fully saturated rings. The average Bonchev–Trinajstić information content (AvgIpc) is 1.99. The molecule has 90 valence electrons. The number of nitrogens with two attached hydrogens (primary N) is 1. The molecule has 0 aromatic heterocycles. The Kier molecular flexibility index (Phi) is 4.49. The third-order valence-corrected chi connectivity index (χ3v) is 3.81. The molecule has 4 unspecified atom stereocenters. The minimum Gasteiger partial charge on any atom is -0.326 e. The van der Waals surface area contributed by atoms with Crippen LogP contribution in [-0.2, 0) is 9.09 Å². The van der Waals surface area contributed by atoms with Crippen LogP contribution in [0.25, 0.3) is 0 Å². The highest BCUT2D eigenvalue weighted by Crippen LogP contribution is 2.42. The monoisotopic (exact) mass is 265 g/mol. The van der Waals surface area contributed by atoms with Crippen molar-refractivity contribution in [1.29, 1.82) is 0 Å². The number of hydrogen-bond acceptors (Lipinski definition) is 4. The van der Waals surface area contributed by atoms with Gasteiger partial charge < -0.3 is 15.2 Å². The molecule has 1 aliphatic rings. The van der Waals surface area contributed by atoms with Crippen LogP contribution in [0.5, 0.6) is 0 Å². The summed E-state index contributed by atoms with van der Waals surface area (Å²) in [5.41, 5.74) is 5.40. The molecule has 0 bridgehead atoms. The van der Waals surface area contributed by atoms with Crippen LogP contribution in [0.4, 0.5) is 13.2 Å². The molecule has 0 aliphatic carbocycles. The first kappa shape index (κ1) is 13.3. The zero-order valence-corrected chi connectivity index (χ0v) is 9.35. The molecule has 0 amide bonds. The molecule has 3 N–H and O–H groups in total. The van der Waals surface area contributed by atoms with Gasteiger partial charge in [-0.2, -0.15) is 13.2 Å². The van der Waals surface area contributed by atoms with Gasteiger partial charge in [0.05, 0.1) is 11.5 Å². The van der Waals surface area contributed by atoms with Crippen molar-refractivity contribution in [1.82, 2.24) is 0 Å². The Hall–Kier alpha value is 0.250. The van der Waals surface area contributed by atoms with Crippen molar-refractivity contribution in [2.75, 3.05) is 0 Å². The Morgan fingerprint density at radius 2 is 2.07 bits per heavy atom. The SMILES string of the molecule is NC1CC(O[PH](=O)O)CC(C(F)(F)F)S1. The molecule has 0 spiro atoms. The van der Waals surface area contributed by atoms with Gasteiger partial charge in [0.1, 0.15) is 5.25 Å². The van der Waals surface area contributed by atoms with Crippen LogP contribution in [0.1, 0.15) is 12.8 Å². The first-order chi connectivity index (χ1) is 6.79. The van der Waals surface area contributed by atoms with E-state index in [4.69, 9.17) is 10.6 Å².